The number of rotatable bonds is 4. The monoisotopic (exact) mass is 394 g/mol. The Balaban J connectivity index is 1.16. The maximum absolute atomic E-state index is 12.4. The van der Waals surface area contributed by atoms with E-state index in [1.165, 1.54) is 11.3 Å². The summed E-state index contributed by atoms with van der Waals surface area (Å²) < 4.78 is 10.6. The fraction of sp³-hybridized carbons (Fsp3) is 0.333. The molecule has 5 rings (SSSR count). The number of amides is 1. The molecule has 0 radical (unpaired) electrons. The second-order valence-corrected chi connectivity index (χ2v) is 7.43. The van der Waals surface area contributed by atoms with E-state index < -0.39 is 5.76 Å². The van der Waals surface area contributed by atoms with E-state index in [0.29, 0.717) is 23.3 Å². The fourth-order valence-electron chi connectivity index (χ4n) is 3.96. The summed E-state index contributed by atoms with van der Waals surface area (Å²) in [5.41, 5.74) is 4.16. The number of H-pyrrole nitrogens is 1. The average molecular weight is 394 g/mol. The van der Waals surface area contributed by atoms with Crippen LogP contribution < -0.4 is 20.7 Å². The van der Waals surface area contributed by atoms with Gasteiger partial charge in [0.15, 0.2) is 5.58 Å². The van der Waals surface area contributed by atoms with Crippen LogP contribution in [-0.2, 0) is 11.2 Å². The second kappa shape index (κ2) is 7.29. The van der Waals surface area contributed by atoms with Gasteiger partial charge in [0.2, 0.25) is 5.91 Å². The standard InChI is InChI=1S/C21H22N4O4/c26-20(22-15-1-3-17-19(12-15)29-21(27)23-17)13-24-6-8-25(9-7-24)16-2-4-18-14(11-16)5-10-28-18/h1-4,11-12H,5-10,13H2,(H,22,26)(H,23,27). The molecule has 29 heavy (non-hydrogen) atoms. The van der Waals surface area contributed by atoms with Gasteiger partial charge in [-0.2, -0.15) is 0 Å². The van der Waals surface area contributed by atoms with Gasteiger partial charge in [-0.25, -0.2) is 4.79 Å². The Labute approximate surface area is 167 Å². The molecule has 0 unspecified atom stereocenters. The molecular weight excluding hydrogens is 372 g/mol. The van der Waals surface area contributed by atoms with Gasteiger partial charge in [0.05, 0.1) is 18.7 Å². The third-order valence-corrected chi connectivity index (χ3v) is 5.48. The molecule has 2 N–H and O–H groups in total. The Hall–Kier alpha value is -3.26. The quantitative estimate of drug-likeness (QED) is 0.702. The van der Waals surface area contributed by atoms with E-state index in [-0.39, 0.29) is 5.91 Å². The second-order valence-electron chi connectivity index (χ2n) is 7.43. The molecule has 3 heterocycles. The number of benzene rings is 2. The van der Waals surface area contributed by atoms with Crippen LogP contribution in [0.2, 0.25) is 0 Å². The molecule has 0 aliphatic carbocycles. The van der Waals surface area contributed by atoms with Crippen LogP contribution in [0.25, 0.3) is 11.1 Å². The van der Waals surface area contributed by atoms with Gasteiger partial charge < -0.3 is 19.4 Å². The lowest BCUT2D eigenvalue weighted by Crippen LogP contribution is -2.48. The topological polar surface area (TPSA) is 90.8 Å². The SMILES string of the molecule is O=C(CN1CCN(c2ccc3c(c2)CCO3)CC1)Nc1ccc2[nH]c(=O)oc2c1. The lowest BCUT2D eigenvalue weighted by Gasteiger charge is -2.35. The van der Waals surface area contributed by atoms with Crippen molar-refractivity contribution in [2.24, 2.45) is 0 Å². The molecule has 1 aromatic heterocycles. The number of aromatic amines is 1. The predicted molar refractivity (Wildman–Crippen MR) is 110 cm³/mol. The molecule has 2 aliphatic rings. The molecule has 1 amide bonds. The summed E-state index contributed by atoms with van der Waals surface area (Å²) in [5.74, 6) is 0.420. The van der Waals surface area contributed by atoms with Crippen molar-refractivity contribution >= 4 is 28.4 Å². The summed E-state index contributed by atoms with van der Waals surface area (Å²) >= 11 is 0. The van der Waals surface area contributed by atoms with E-state index in [0.717, 1.165) is 45.0 Å². The van der Waals surface area contributed by atoms with Crippen LogP contribution in [-0.4, -0.2) is 55.1 Å². The summed E-state index contributed by atoms with van der Waals surface area (Å²) in [4.78, 5) is 30.8. The molecule has 8 nitrogen and oxygen atoms in total. The van der Waals surface area contributed by atoms with Crippen LogP contribution in [0.5, 0.6) is 5.75 Å². The van der Waals surface area contributed by atoms with Crippen LogP contribution in [0.15, 0.2) is 45.6 Å². The van der Waals surface area contributed by atoms with Crippen molar-refractivity contribution in [1.82, 2.24) is 9.88 Å². The third-order valence-electron chi connectivity index (χ3n) is 5.48. The molecule has 0 saturated carbocycles. The minimum Gasteiger partial charge on any atom is -0.493 e. The molecule has 150 valence electrons. The first kappa shape index (κ1) is 17.8. The number of carbonyl (C=O) groups excluding carboxylic acids is 1. The van der Waals surface area contributed by atoms with Crippen molar-refractivity contribution in [3.63, 3.8) is 0 Å². The van der Waals surface area contributed by atoms with Crippen LogP contribution in [0.1, 0.15) is 5.56 Å². The van der Waals surface area contributed by atoms with Gasteiger partial charge in [-0.3, -0.25) is 14.7 Å². The van der Waals surface area contributed by atoms with Gasteiger partial charge in [0.25, 0.3) is 0 Å². The Morgan fingerprint density at radius 3 is 2.83 bits per heavy atom. The number of nitrogens with zero attached hydrogens (tertiary/aromatic N) is 2. The zero-order valence-electron chi connectivity index (χ0n) is 15.9. The largest absolute Gasteiger partial charge is 0.493 e. The number of fused-ring (bicyclic) bond motifs is 2. The molecule has 1 fully saturated rings. The predicted octanol–water partition coefficient (Wildman–Crippen LogP) is 1.82. The molecule has 3 aromatic rings. The highest BCUT2D eigenvalue weighted by Crippen LogP contribution is 2.30. The molecule has 1 saturated heterocycles. The van der Waals surface area contributed by atoms with Crippen molar-refractivity contribution in [2.75, 3.05) is 49.5 Å². The number of carbonyl (C=O) groups is 1. The lowest BCUT2D eigenvalue weighted by molar-refractivity contribution is -0.117. The number of nitrogens with one attached hydrogen (secondary N) is 2. The Morgan fingerprint density at radius 2 is 1.97 bits per heavy atom. The van der Waals surface area contributed by atoms with Crippen LogP contribution in [0, 0.1) is 0 Å². The van der Waals surface area contributed by atoms with E-state index in [2.05, 4.69) is 38.3 Å². The fourth-order valence-corrected chi connectivity index (χ4v) is 3.96. The number of anilines is 2. The molecule has 2 aliphatic heterocycles. The van der Waals surface area contributed by atoms with Crippen molar-refractivity contribution < 1.29 is 13.9 Å². The molecule has 0 spiro atoms. The zero-order valence-corrected chi connectivity index (χ0v) is 15.9. The van der Waals surface area contributed by atoms with Crippen LogP contribution in [0.4, 0.5) is 11.4 Å². The Morgan fingerprint density at radius 1 is 1.10 bits per heavy atom. The maximum atomic E-state index is 12.4. The first-order chi connectivity index (χ1) is 14.1. The van der Waals surface area contributed by atoms with Crippen LogP contribution in [0.3, 0.4) is 0 Å². The van der Waals surface area contributed by atoms with E-state index in [9.17, 15) is 9.59 Å². The van der Waals surface area contributed by atoms with Gasteiger partial charge in [0, 0.05) is 50.0 Å². The highest BCUT2D eigenvalue weighted by atomic mass is 16.5. The van der Waals surface area contributed by atoms with E-state index >= 15 is 0 Å². The van der Waals surface area contributed by atoms with E-state index in [1.54, 1.807) is 18.2 Å². The highest BCUT2D eigenvalue weighted by molar-refractivity contribution is 5.94. The molecule has 8 heteroatoms. The Kier molecular flexibility index (Phi) is 4.48. The Bertz CT molecular complexity index is 1110. The van der Waals surface area contributed by atoms with Crippen LogP contribution >= 0.6 is 0 Å². The van der Waals surface area contributed by atoms with E-state index in [4.69, 9.17) is 9.15 Å². The average Bonchev–Trinajstić information content (AvgIpc) is 3.32. The number of ether oxygens (including phenoxy) is 1. The third kappa shape index (κ3) is 3.71. The summed E-state index contributed by atoms with van der Waals surface area (Å²) in [7, 11) is 0. The van der Waals surface area contributed by atoms with E-state index in [1.807, 2.05) is 0 Å². The summed E-state index contributed by atoms with van der Waals surface area (Å²) in [6.45, 7) is 4.52. The van der Waals surface area contributed by atoms with Gasteiger partial charge >= 0.3 is 5.76 Å². The minimum absolute atomic E-state index is 0.0784. The van der Waals surface area contributed by atoms with Gasteiger partial charge in [0.1, 0.15) is 5.75 Å². The summed E-state index contributed by atoms with van der Waals surface area (Å²) in [6.07, 6.45) is 0.973. The number of hydrogen-bond acceptors (Lipinski definition) is 6. The smallest absolute Gasteiger partial charge is 0.417 e. The molecule has 0 atom stereocenters. The maximum Gasteiger partial charge on any atom is 0.417 e. The zero-order chi connectivity index (χ0) is 19.8. The lowest BCUT2D eigenvalue weighted by atomic mass is 10.1. The van der Waals surface area contributed by atoms with Gasteiger partial charge in [-0.05, 0) is 35.9 Å². The molecule has 0 bridgehead atoms. The molecule has 2 aromatic carbocycles. The van der Waals surface area contributed by atoms with Gasteiger partial charge in [-0.1, -0.05) is 0 Å². The van der Waals surface area contributed by atoms with Crippen molar-refractivity contribution in [3.8, 4) is 5.75 Å². The number of hydrogen-bond donors (Lipinski definition) is 2. The number of aromatic nitrogens is 1. The van der Waals surface area contributed by atoms with Crippen molar-refractivity contribution in [3.05, 3.63) is 52.5 Å². The summed E-state index contributed by atoms with van der Waals surface area (Å²) in [5, 5.41) is 2.88. The minimum atomic E-state index is -0.503. The number of oxazole rings is 1. The number of piperazine rings is 1. The normalized spacial score (nSPS) is 16.6. The van der Waals surface area contributed by atoms with Gasteiger partial charge in [-0.15, -0.1) is 0 Å². The van der Waals surface area contributed by atoms with Crippen molar-refractivity contribution in [2.45, 2.75) is 6.42 Å². The molecular formula is C21H22N4O4. The highest BCUT2D eigenvalue weighted by Gasteiger charge is 2.21. The summed E-state index contributed by atoms with van der Waals surface area (Å²) in [6, 6.07) is 11.5. The van der Waals surface area contributed by atoms with Crippen molar-refractivity contribution in [1.29, 1.82) is 0 Å². The first-order valence-electron chi connectivity index (χ1n) is 9.80. The first-order valence-corrected chi connectivity index (χ1v) is 9.80.